The van der Waals surface area contributed by atoms with Crippen molar-refractivity contribution in [2.45, 2.75) is 70.9 Å². The molecule has 0 bridgehead atoms. The number of nitrogens with zero attached hydrogens (tertiary/aromatic N) is 2. The van der Waals surface area contributed by atoms with Crippen molar-refractivity contribution in [3.05, 3.63) is 29.8 Å². The summed E-state index contributed by atoms with van der Waals surface area (Å²) in [5.74, 6) is 1.26. The molecule has 1 saturated heterocycles. The molecule has 1 aromatic carbocycles. The quantitative estimate of drug-likeness (QED) is 0.817. The number of carbonyl (C=O) groups excluding carboxylic acids is 2. The van der Waals surface area contributed by atoms with E-state index in [1.54, 1.807) is 0 Å². The Hall–Kier alpha value is -2.24. The lowest BCUT2D eigenvalue weighted by Crippen LogP contribution is -2.54. The molecule has 160 valence electrons. The lowest BCUT2D eigenvalue weighted by atomic mass is 9.76. The van der Waals surface area contributed by atoms with Crippen LogP contribution in [0.3, 0.4) is 0 Å². The number of rotatable bonds is 5. The second kappa shape index (κ2) is 9.06. The Bertz CT molecular complexity index is 722. The second-order valence-corrected chi connectivity index (χ2v) is 8.59. The van der Waals surface area contributed by atoms with Gasteiger partial charge in [-0.3, -0.25) is 4.79 Å². The maximum Gasteiger partial charge on any atom is 0.317 e. The maximum atomic E-state index is 12.8. The van der Waals surface area contributed by atoms with Gasteiger partial charge < -0.3 is 19.9 Å². The normalized spacial score (nSPS) is 20.2. The molecule has 1 atom stereocenters. The zero-order valence-electron chi connectivity index (χ0n) is 18.2. The first-order valence-electron chi connectivity index (χ1n) is 11.0. The Labute approximate surface area is 174 Å². The van der Waals surface area contributed by atoms with Gasteiger partial charge in [-0.15, -0.1) is 0 Å². The number of benzene rings is 1. The summed E-state index contributed by atoms with van der Waals surface area (Å²) < 4.78 is 6.51. The van der Waals surface area contributed by atoms with E-state index in [1.165, 1.54) is 0 Å². The number of piperidine rings is 1. The molecule has 3 rings (SSSR count). The fourth-order valence-corrected chi connectivity index (χ4v) is 4.60. The van der Waals surface area contributed by atoms with Crippen molar-refractivity contribution < 1.29 is 14.3 Å². The van der Waals surface area contributed by atoms with Gasteiger partial charge in [-0.2, -0.15) is 0 Å². The summed E-state index contributed by atoms with van der Waals surface area (Å²) in [6.45, 7) is 10.8. The van der Waals surface area contributed by atoms with Crippen LogP contribution in [0.2, 0.25) is 0 Å². The third kappa shape index (κ3) is 4.85. The topological polar surface area (TPSA) is 61.9 Å². The van der Waals surface area contributed by atoms with Crippen LogP contribution in [0.15, 0.2) is 24.3 Å². The number of hydrogen-bond acceptors (Lipinski definition) is 3. The minimum absolute atomic E-state index is 0.000629. The maximum absolute atomic E-state index is 12.8. The summed E-state index contributed by atoms with van der Waals surface area (Å²) in [7, 11) is 0. The van der Waals surface area contributed by atoms with Gasteiger partial charge in [0.2, 0.25) is 5.91 Å². The Kier molecular flexibility index (Phi) is 6.70. The molecule has 1 aromatic rings. The smallest absolute Gasteiger partial charge is 0.317 e. The molecule has 1 N–H and O–H groups in total. The van der Waals surface area contributed by atoms with Gasteiger partial charge in [0.05, 0.1) is 0 Å². The largest absolute Gasteiger partial charge is 0.487 e. The van der Waals surface area contributed by atoms with E-state index < -0.39 is 0 Å². The lowest BCUT2D eigenvalue weighted by molar-refractivity contribution is -0.131. The van der Waals surface area contributed by atoms with Gasteiger partial charge >= 0.3 is 6.03 Å². The summed E-state index contributed by atoms with van der Waals surface area (Å²) in [6.07, 6.45) is 2.93. The first-order valence-corrected chi connectivity index (χ1v) is 11.0. The molecule has 1 spiro atoms. The van der Waals surface area contributed by atoms with E-state index in [0.29, 0.717) is 19.5 Å². The predicted molar refractivity (Wildman–Crippen MR) is 114 cm³/mol. The Morgan fingerprint density at radius 2 is 1.86 bits per heavy atom. The molecule has 6 heteroatoms. The number of para-hydroxylation sites is 1. The molecular formula is C23H35N3O3. The SMILES string of the molecule is CCN(CC)C(=O)CC1CC2(CCN(C(=O)NC(C)C)CC2)Oc2ccccc21. The first kappa shape index (κ1) is 21.5. The number of nitrogens with one attached hydrogen (secondary N) is 1. The van der Waals surface area contributed by atoms with Crippen molar-refractivity contribution in [1.82, 2.24) is 15.1 Å². The minimum Gasteiger partial charge on any atom is -0.487 e. The number of ether oxygens (including phenoxy) is 1. The highest BCUT2D eigenvalue weighted by Gasteiger charge is 2.44. The van der Waals surface area contributed by atoms with Gasteiger partial charge in [0.1, 0.15) is 11.4 Å². The summed E-state index contributed by atoms with van der Waals surface area (Å²) in [6, 6.07) is 8.25. The van der Waals surface area contributed by atoms with Crippen LogP contribution in [-0.2, 0) is 4.79 Å². The molecule has 0 saturated carbocycles. The number of hydrogen-bond donors (Lipinski definition) is 1. The van der Waals surface area contributed by atoms with E-state index in [2.05, 4.69) is 11.4 Å². The fourth-order valence-electron chi connectivity index (χ4n) is 4.60. The highest BCUT2D eigenvalue weighted by atomic mass is 16.5. The zero-order chi connectivity index (χ0) is 21.0. The van der Waals surface area contributed by atoms with Gasteiger partial charge in [0, 0.05) is 57.4 Å². The Morgan fingerprint density at radius 1 is 1.21 bits per heavy atom. The van der Waals surface area contributed by atoms with Crippen LogP contribution < -0.4 is 10.1 Å². The standard InChI is InChI=1S/C23H35N3O3/c1-5-25(6-2)21(27)15-18-16-23(29-20-10-8-7-9-19(18)20)11-13-26(14-12-23)22(28)24-17(3)4/h7-10,17-18H,5-6,11-16H2,1-4H3,(H,24,28). The summed E-state index contributed by atoms with van der Waals surface area (Å²) >= 11 is 0. The molecule has 1 fully saturated rings. The molecule has 29 heavy (non-hydrogen) atoms. The van der Waals surface area contributed by atoms with Gasteiger partial charge in [0.15, 0.2) is 0 Å². The Balaban J connectivity index is 1.74. The number of urea groups is 1. The van der Waals surface area contributed by atoms with Crippen molar-refractivity contribution >= 4 is 11.9 Å². The lowest BCUT2D eigenvalue weighted by Gasteiger charge is -2.47. The molecule has 6 nitrogen and oxygen atoms in total. The molecule has 3 amide bonds. The van der Waals surface area contributed by atoms with Gasteiger partial charge in [-0.25, -0.2) is 4.79 Å². The van der Waals surface area contributed by atoms with Gasteiger partial charge in [0.25, 0.3) is 0 Å². The summed E-state index contributed by atoms with van der Waals surface area (Å²) in [5.41, 5.74) is 0.843. The van der Waals surface area contributed by atoms with Crippen LogP contribution in [0.4, 0.5) is 4.79 Å². The molecule has 2 aliphatic heterocycles. The monoisotopic (exact) mass is 401 g/mol. The highest BCUT2D eigenvalue weighted by Crippen LogP contribution is 2.46. The average Bonchev–Trinajstić information content (AvgIpc) is 2.69. The number of carbonyl (C=O) groups is 2. The molecule has 2 aliphatic rings. The average molecular weight is 402 g/mol. The van der Waals surface area contributed by atoms with Crippen molar-refractivity contribution in [3.8, 4) is 5.75 Å². The van der Waals surface area contributed by atoms with Crippen molar-refractivity contribution in [1.29, 1.82) is 0 Å². The van der Waals surface area contributed by atoms with Crippen molar-refractivity contribution in [2.24, 2.45) is 0 Å². The fraction of sp³-hybridized carbons (Fsp3) is 0.652. The first-order chi connectivity index (χ1) is 13.9. The van der Waals surface area contributed by atoms with Gasteiger partial charge in [-0.1, -0.05) is 18.2 Å². The van der Waals surface area contributed by atoms with Crippen LogP contribution in [-0.4, -0.2) is 59.6 Å². The molecule has 0 aromatic heterocycles. The van der Waals surface area contributed by atoms with E-state index in [-0.39, 0.29) is 29.5 Å². The Morgan fingerprint density at radius 3 is 2.48 bits per heavy atom. The van der Waals surface area contributed by atoms with Crippen LogP contribution in [0.5, 0.6) is 5.75 Å². The molecule has 0 radical (unpaired) electrons. The third-order valence-corrected chi connectivity index (χ3v) is 6.21. The predicted octanol–water partition coefficient (Wildman–Crippen LogP) is 3.76. The highest BCUT2D eigenvalue weighted by molar-refractivity contribution is 5.77. The number of amides is 3. The van der Waals surface area contributed by atoms with Crippen LogP contribution >= 0.6 is 0 Å². The van der Waals surface area contributed by atoms with E-state index in [9.17, 15) is 9.59 Å². The number of fused-ring (bicyclic) bond motifs is 1. The zero-order valence-corrected chi connectivity index (χ0v) is 18.2. The summed E-state index contributed by atoms with van der Waals surface area (Å²) in [4.78, 5) is 29.0. The number of likely N-dealkylation sites (tertiary alicyclic amines) is 1. The van der Waals surface area contributed by atoms with Crippen LogP contribution in [0.1, 0.15) is 64.9 Å². The van der Waals surface area contributed by atoms with Crippen molar-refractivity contribution in [3.63, 3.8) is 0 Å². The molecule has 2 heterocycles. The summed E-state index contributed by atoms with van der Waals surface area (Å²) in [5, 5.41) is 2.98. The van der Waals surface area contributed by atoms with Gasteiger partial charge in [-0.05, 0) is 45.7 Å². The van der Waals surface area contributed by atoms with E-state index in [0.717, 1.165) is 43.7 Å². The van der Waals surface area contributed by atoms with E-state index in [1.807, 2.05) is 55.7 Å². The van der Waals surface area contributed by atoms with E-state index in [4.69, 9.17) is 4.74 Å². The second-order valence-electron chi connectivity index (χ2n) is 8.59. The minimum atomic E-state index is -0.294. The molecule has 0 aliphatic carbocycles. The molecule has 1 unspecified atom stereocenters. The van der Waals surface area contributed by atoms with Crippen LogP contribution in [0.25, 0.3) is 0 Å². The van der Waals surface area contributed by atoms with E-state index >= 15 is 0 Å². The van der Waals surface area contributed by atoms with Crippen molar-refractivity contribution in [2.75, 3.05) is 26.2 Å². The third-order valence-electron chi connectivity index (χ3n) is 6.21. The molecular weight excluding hydrogens is 366 g/mol. The van der Waals surface area contributed by atoms with Crippen LogP contribution in [0, 0.1) is 0 Å².